The molecule has 0 amide bonds. The molecule has 0 spiro atoms. The summed E-state index contributed by atoms with van der Waals surface area (Å²) in [4.78, 5) is 20.6. The Balaban J connectivity index is 4.40. The van der Waals surface area contributed by atoms with E-state index in [1.165, 1.54) is 0 Å². The Kier molecular flexibility index (Phi) is 3.65. The number of carbonyl (C=O) groups excluding carboxylic acids is 1. The SMILES string of the molecule is CCOC(=O)C(N=O)=C(N)N. The number of nitrogens with zero attached hydrogens (tertiary/aromatic N) is 1. The minimum atomic E-state index is -0.900. The third-order valence-corrected chi connectivity index (χ3v) is 0.834. The van der Waals surface area contributed by atoms with Crippen LogP contribution in [0.2, 0.25) is 0 Å². The van der Waals surface area contributed by atoms with Crippen molar-refractivity contribution in [2.24, 2.45) is 16.6 Å². The van der Waals surface area contributed by atoms with Crippen molar-refractivity contribution in [2.45, 2.75) is 6.92 Å². The van der Waals surface area contributed by atoms with E-state index in [-0.39, 0.29) is 6.61 Å². The predicted molar refractivity (Wildman–Crippen MR) is 37.8 cm³/mol. The highest BCUT2D eigenvalue weighted by Gasteiger charge is 2.13. The van der Waals surface area contributed by atoms with Crippen LogP contribution in [0.4, 0.5) is 0 Å². The third kappa shape index (κ3) is 2.65. The number of nitroso groups, excluding NO2 is 1. The van der Waals surface area contributed by atoms with Crippen LogP contribution in [-0.2, 0) is 9.53 Å². The topological polar surface area (TPSA) is 108 Å². The molecule has 6 nitrogen and oxygen atoms in total. The van der Waals surface area contributed by atoms with Crippen molar-refractivity contribution in [1.82, 2.24) is 0 Å². The van der Waals surface area contributed by atoms with Gasteiger partial charge in [0.25, 0.3) is 0 Å². The molecule has 0 saturated heterocycles. The average molecular weight is 159 g/mol. The van der Waals surface area contributed by atoms with Crippen molar-refractivity contribution >= 4 is 5.97 Å². The molecule has 0 aromatic rings. The smallest absolute Gasteiger partial charge is 0.364 e. The van der Waals surface area contributed by atoms with Gasteiger partial charge in [0.05, 0.1) is 6.61 Å². The van der Waals surface area contributed by atoms with Gasteiger partial charge < -0.3 is 16.2 Å². The molecule has 0 aliphatic carbocycles. The molecular weight excluding hydrogens is 150 g/mol. The molecule has 0 aromatic heterocycles. The number of hydrogen-bond acceptors (Lipinski definition) is 6. The first kappa shape index (κ1) is 9.41. The molecule has 0 saturated carbocycles. The number of nitrogens with two attached hydrogens (primary N) is 2. The lowest BCUT2D eigenvalue weighted by atomic mass is 10.4. The maximum atomic E-state index is 10.7. The van der Waals surface area contributed by atoms with Crippen molar-refractivity contribution in [3.8, 4) is 0 Å². The second kappa shape index (κ2) is 4.26. The molecule has 62 valence electrons. The molecule has 0 heterocycles. The lowest BCUT2D eigenvalue weighted by Gasteiger charge is -1.99. The van der Waals surface area contributed by atoms with Crippen LogP contribution < -0.4 is 11.5 Å². The molecule has 11 heavy (non-hydrogen) atoms. The number of hydrogen-bond donors (Lipinski definition) is 2. The number of rotatable bonds is 3. The fourth-order valence-electron chi connectivity index (χ4n) is 0.407. The van der Waals surface area contributed by atoms with E-state index >= 15 is 0 Å². The highest BCUT2D eigenvalue weighted by atomic mass is 16.5. The molecule has 0 rings (SSSR count). The van der Waals surface area contributed by atoms with Crippen molar-refractivity contribution in [1.29, 1.82) is 0 Å². The lowest BCUT2D eigenvalue weighted by molar-refractivity contribution is -0.138. The van der Waals surface area contributed by atoms with Gasteiger partial charge in [0, 0.05) is 0 Å². The Morgan fingerprint density at radius 2 is 2.09 bits per heavy atom. The Labute approximate surface area is 63.2 Å². The first-order chi connectivity index (χ1) is 5.13. The summed E-state index contributed by atoms with van der Waals surface area (Å²) in [5.74, 6) is -1.33. The third-order valence-electron chi connectivity index (χ3n) is 0.834. The molecule has 4 N–H and O–H groups in total. The van der Waals surface area contributed by atoms with E-state index < -0.39 is 17.5 Å². The summed E-state index contributed by atoms with van der Waals surface area (Å²) in [6, 6.07) is 0. The standard InChI is InChI=1S/C5H9N3O3/c1-2-11-5(9)3(8-10)4(6)7/h2,6-7H2,1H3. The minimum absolute atomic E-state index is 0.144. The van der Waals surface area contributed by atoms with Crippen LogP contribution in [0.5, 0.6) is 0 Å². The summed E-state index contributed by atoms with van der Waals surface area (Å²) in [7, 11) is 0. The van der Waals surface area contributed by atoms with E-state index in [1.807, 2.05) is 0 Å². The largest absolute Gasteiger partial charge is 0.461 e. The molecule has 6 heteroatoms. The van der Waals surface area contributed by atoms with Gasteiger partial charge in [0.2, 0.25) is 5.70 Å². The van der Waals surface area contributed by atoms with Crippen molar-refractivity contribution in [3.63, 3.8) is 0 Å². The molecule has 0 fully saturated rings. The molecule has 0 aliphatic rings. The Morgan fingerprint density at radius 1 is 1.55 bits per heavy atom. The number of carbonyl (C=O) groups is 1. The average Bonchev–Trinajstić information content (AvgIpc) is 1.88. The van der Waals surface area contributed by atoms with Crippen LogP contribution in [0.3, 0.4) is 0 Å². The quantitative estimate of drug-likeness (QED) is 0.325. The zero-order chi connectivity index (χ0) is 8.85. The van der Waals surface area contributed by atoms with E-state index in [9.17, 15) is 9.70 Å². The van der Waals surface area contributed by atoms with Gasteiger partial charge in [0.15, 0.2) is 0 Å². The molecule has 0 aliphatic heterocycles. The van der Waals surface area contributed by atoms with Crippen molar-refractivity contribution < 1.29 is 9.53 Å². The zero-order valence-corrected chi connectivity index (χ0v) is 6.03. The molecule has 0 atom stereocenters. The van der Waals surface area contributed by atoms with Gasteiger partial charge in [-0.25, -0.2) is 4.79 Å². The van der Waals surface area contributed by atoms with E-state index in [4.69, 9.17) is 11.5 Å². The Morgan fingerprint density at radius 3 is 2.36 bits per heavy atom. The summed E-state index contributed by atoms with van der Waals surface area (Å²) >= 11 is 0. The van der Waals surface area contributed by atoms with Gasteiger partial charge in [0.1, 0.15) is 5.82 Å². The molecule has 0 unspecified atom stereocenters. The zero-order valence-electron chi connectivity index (χ0n) is 6.03. The van der Waals surface area contributed by atoms with Crippen molar-refractivity contribution in [2.75, 3.05) is 6.61 Å². The maximum Gasteiger partial charge on any atom is 0.364 e. The van der Waals surface area contributed by atoms with Gasteiger partial charge in [-0.3, -0.25) is 0 Å². The van der Waals surface area contributed by atoms with E-state index in [0.29, 0.717) is 0 Å². The van der Waals surface area contributed by atoms with Crippen LogP contribution in [0, 0.1) is 4.91 Å². The minimum Gasteiger partial charge on any atom is -0.461 e. The normalized spacial score (nSPS) is 8.45. The van der Waals surface area contributed by atoms with Crippen molar-refractivity contribution in [3.05, 3.63) is 16.4 Å². The van der Waals surface area contributed by atoms with Crippen LogP contribution in [0.1, 0.15) is 6.92 Å². The van der Waals surface area contributed by atoms with Gasteiger partial charge >= 0.3 is 5.97 Å². The fraction of sp³-hybridized carbons (Fsp3) is 0.400. The molecule has 0 aromatic carbocycles. The monoisotopic (exact) mass is 159 g/mol. The van der Waals surface area contributed by atoms with Gasteiger partial charge in [-0.2, -0.15) is 0 Å². The Hall–Kier alpha value is -1.59. The maximum absolute atomic E-state index is 10.7. The lowest BCUT2D eigenvalue weighted by Crippen LogP contribution is -2.18. The number of esters is 1. The Bertz CT molecular complexity index is 195. The first-order valence-corrected chi connectivity index (χ1v) is 2.89. The summed E-state index contributed by atoms with van der Waals surface area (Å²) in [5.41, 5.74) is 9.31. The van der Waals surface area contributed by atoms with E-state index in [1.54, 1.807) is 6.92 Å². The van der Waals surface area contributed by atoms with Crippen LogP contribution in [-0.4, -0.2) is 12.6 Å². The molecule has 0 radical (unpaired) electrons. The van der Waals surface area contributed by atoms with Crippen LogP contribution in [0.15, 0.2) is 16.7 Å². The number of ether oxygens (including phenoxy) is 1. The molecule has 0 bridgehead atoms. The molecular formula is C5H9N3O3. The second-order valence-electron chi connectivity index (χ2n) is 1.62. The summed E-state index contributed by atoms with van der Waals surface area (Å²) < 4.78 is 4.41. The summed E-state index contributed by atoms with van der Waals surface area (Å²) in [6.07, 6.45) is 0. The van der Waals surface area contributed by atoms with Gasteiger partial charge in [-0.15, -0.1) is 4.91 Å². The van der Waals surface area contributed by atoms with E-state index in [2.05, 4.69) is 9.91 Å². The second-order valence-corrected chi connectivity index (χ2v) is 1.62. The first-order valence-electron chi connectivity index (χ1n) is 2.89. The fourth-order valence-corrected chi connectivity index (χ4v) is 0.407. The summed E-state index contributed by atoms with van der Waals surface area (Å²) in [6.45, 7) is 1.73. The predicted octanol–water partition coefficient (Wildman–Crippen LogP) is -0.598. The van der Waals surface area contributed by atoms with Gasteiger partial charge in [-0.1, -0.05) is 0 Å². The van der Waals surface area contributed by atoms with Crippen LogP contribution >= 0.6 is 0 Å². The van der Waals surface area contributed by atoms with Crippen LogP contribution in [0.25, 0.3) is 0 Å². The summed E-state index contributed by atoms with van der Waals surface area (Å²) in [5, 5.41) is 2.31. The highest BCUT2D eigenvalue weighted by molar-refractivity contribution is 5.88. The van der Waals surface area contributed by atoms with Gasteiger partial charge in [-0.05, 0) is 12.1 Å². The van der Waals surface area contributed by atoms with E-state index in [0.717, 1.165) is 0 Å². The highest BCUT2D eigenvalue weighted by Crippen LogP contribution is 1.99.